The van der Waals surface area contributed by atoms with Gasteiger partial charge in [-0.2, -0.15) is 4.98 Å². The third-order valence-electron chi connectivity index (χ3n) is 5.46. The molecule has 0 radical (unpaired) electrons. The van der Waals surface area contributed by atoms with Crippen molar-refractivity contribution in [1.29, 1.82) is 0 Å². The van der Waals surface area contributed by atoms with Crippen molar-refractivity contribution in [3.05, 3.63) is 54.8 Å². The normalized spacial score (nSPS) is 15.4. The lowest BCUT2D eigenvalue weighted by molar-refractivity contribution is 0.496. The van der Waals surface area contributed by atoms with Crippen molar-refractivity contribution in [1.82, 2.24) is 39.3 Å². The summed E-state index contributed by atoms with van der Waals surface area (Å²) >= 11 is 0. The molecule has 9 nitrogen and oxygen atoms in total. The summed E-state index contributed by atoms with van der Waals surface area (Å²) in [4.78, 5) is 20.8. The summed E-state index contributed by atoms with van der Waals surface area (Å²) in [6, 6.07) is 4.20. The molecule has 0 saturated heterocycles. The molecule has 1 aliphatic heterocycles. The molecule has 4 aromatic rings. The maximum atomic E-state index is 5.03. The van der Waals surface area contributed by atoms with E-state index in [1.54, 1.807) is 24.9 Å². The third kappa shape index (κ3) is 2.69. The van der Waals surface area contributed by atoms with E-state index in [1.807, 2.05) is 34.4 Å². The van der Waals surface area contributed by atoms with Crippen LogP contribution in [0.25, 0.3) is 23.0 Å². The van der Waals surface area contributed by atoms with Gasteiger partial charge in [0.05, 0.1) is 11.7 Å². The lowest BCUT2D eigenvalue weighted by atomic mass is 10.1. The Bertz CT molecular complexity index is 1190. The van der Waals surface area contributed by atoms with Gasteiger partial charge in [0.1, 0.15) is 17.8 Å². The Balaban J connectivity index is 1.73. The first-order chi connectivity index (χ1) is 14.6. The van der Waals surface area contributed by atoms with Gasteiger partial charge in [-0.3, -0.25) is 14.1 Å². The van der Waals surface area contributed by atoms with Crippen LogP contribution in [0.15, 0.2) is 43.2 Å². The number of nitrogens with zero attached hydrogens (tertiary/aromatic N) is 9. The molecule has 1 aliphatic rings. The monoisotopic (exact) mass is 401 g/mol. The smallest absolute Gasteiger partial charge is 0.237 e. The summed E-state index contributed by atoms with van der Waals surface area (Å²) in [5, 5.41) is 8.57. The second-order valence-electron chi connectivity index (χ2n) is 7.62. The summed E-state index contributed by atoms with van der Waals surface area (Å²) < 4.78 is 3.95. The number of aromatic nitrogens is 8. The SMILES string of the molecule is CC[C@@H]1c2nncn2-c2c(C)nc(-n3ccnc3-c3ccncc3)nc2N1C(C)C. The fraction of sp³-hybridized carbons (Fsp3) is 0.333. The van der Waals surface area contributed by atoms with E-state index in [0.29, 0.717) is 5.95 Å². The second kappa shape index (κ2) is 7.01. The van der Waals surface area contributed by atoms with Gasteiger partial charge in [-0.1, -0.05) is 6.92 Å². The van der Waals surface area contributed by atoms with Crippen LogP contribution in [0.5, 0.6) is 0 Å². The van der Waals surface area contributed by atoms with Crippen LogP contribution >= 0.6 is 0 Å². The predicted octanol–water partition coefficient (Wildman–Crippen LogP) is 3.29. The van der Waals surface area contributed by atoms with Crippen molar-refractivity contribution in [2.24, 2.45) is 0 Å². The van der Waals surface area contributed by atoms with Crippen LogP contribution in [0.4, 0.5) is 5.82 Å². The third-order valence-corrected chi connectivity index (χ3v) is 5.46. The molecule has 0 spiro atoms. The highest BCUT2D eigenvalue weighted by molar-refractivity contribution is 5.66. The molecule has 0 unspecified atom stereocenters. The largest absolute Gasteiger partial charge is 0.342 e. The highest BCUT2D eigenvalue weighted by Crippen LogP contribution is 2.40. The van der Waals surface area contributed by atoms with E-state index in [1.165, 1.54) is 0 Å². The second-order valence-corrected chi connectivity index (χ2v) is 7.62. The molecule has 0 aliphatic carbocycles. The maximum Gasteiger partial charge on any atom is 0.237 e. The molecule has 0 saturated carbocycles. The summed E-state index contributed by atoms with van der Waals surface area (Å²) in [5.74, 6) is 3.19. The molecular weight excluding hydrogens is 378 g/mol. The van der Waals surface area contributed by atoms with Crippen LogP contribution in [0.2, 0.25) is 0 Å². The van der Waals surface area contributed by atoms with E-state index in [9.17, 15) is 0 Å². The van der Waals surface area contributed by atoms with Crippen molar-refractivity contribution in [2.75, 3.05) is 4.90 Å². The minimum Gasteiger partial charge on any atom is -0.342 e. The Morgan fingerprint density at radius 2 is 1.87 bits per heavy atom. The van der Waals surface area contributed by atoms with E-state index in [4.69, 9.17) is 9.97 Å². The molecule has 30 heavy (non-hydrogen) atoms. The van der Waals surface area contributed by atoms with Gasteiger partial charge in [-0.15, -0.1) is 10.2 Å². The topological polar surface area (TPSA) is 90.4 Å². The average Bonchev–Trinajstić information content (AvgIpc) is 3.42. The van der Waals surface area contributed by atoms with Crippen molar-refractivity contribution in [3.8, 4) is 23.0 Å². The highest BCUT2D eigenvalue weighted by atomic mass is 15.4. The first kappa shape index (κ1) is 18.4. The van der Waals surface area contributed by atoms with Crippen LogP contribution in [-0.4, -0.2) is 45.3 Å². The number of anilines is 1. The van der Waals surface area contributed by atoms with Crippen molar-refractivity contribution in [3.63, 3.8) is 0 Å². The summed E-state index contributed by atoms with van der Waals surface area (Å²) in [6.45, 7) is 8.52. The molecule has 0 N–H and O–H groups in total. The standard InChI is InChI=1S/C21H23N9/c1-5-16-19-27-24-12-29(19)17-14(4)25-21(26-20(17)30(16)13(2)3)28-11-10-23-18(28)15-6-8-22-9-7-15/h6-13,16H,5H2,1-4H3/t16-/m1/s1. The Hall–Kier alpha value is -3.62. The summed E-state index contributed by atoms with van der Waals surface area (Å²) in [5.41, 5.74) is 2.76. The molecule has 1 atom stereocenters. The molecule has 0 amide bonds. The molecule has 4 aromatic heterocycles. The fourth-order valence-electron chi connectivity index (χ4n) is 4.19. The Kier molecular flexibility index (Phi) is 4.30. The predicted molar refractivity (Wildman–Crippen MR) is 113 cm³/mol. The molecular formula is C21H23N9. The van der Waals surface area contributed by atoms with Gasteiger partial charge in [0, 0.05) is 36.4 Å². The minimum absolute atomic E-state index is 0.101. The lowest BCUT2D eigenvalue weighted by Crippen LogP contribution is -2.41. The number of aryl methyl sites for hydroxylation is 1. The number of hydrogen-bond donors (Lipinski definition) is 0. The average molecular weight is 401 g/mol. The molecule has 0 fully saturated rings. The Labute approximate surface area is 174 Å². The fourth-order valence-corrected chi connectivity index (χ4v) is 4.19. The molecule has 5 rings (SSSR count). The van der Waals surface area contributed by atoms with Gasteiger partial charge >= 0.3 is 0 Å². The Morgan fingerprint density at radius 1 is 1.07 bits per heavy atom. The molecule has 5 heterocycles. The minimum atomic E-state index is 0.101. The molecule has 0 bridgehead atoms. The number of hydrogen-bond acceptors (Lipinski definition) is 7. The first-order valence-corrected chi connectivity index (χ1v) is 10.1. The van der Waals surface area contributed by atoms with E-state index in [-0.39, 0.29) is 12.1 Å². The van der Waals surface area contributed by atoms with Gasteiger partial charge < -0.3 is 4.90 Å². The van der Waals surface area contributed by atoms with Crippen LogP contribution in [0.1, 0.15) is 44.8 Å². The van der Waals surface area contributed by atoms with Crippen LogP contribution in [0, 0.1) is 6.92 Å². The maximum absolute atomic E-state index is 5.03. The summed E-state index contributed by atoms with van der Waals surface area (Å²) in [6.07, 6.45) is 9.83. The number of imidazole rings is 1. The van der Waals surface area contributed by atoms with Gasteiger partial charge in [0.25, 0.3) is 0 Å². The Morgan fingerprint density at radius 3 is 2.60 bits per heavy atom. The number of fused-ring (bicyclic) bond motifs is 3. The van der Waals surface area contributed by atoms with E-state index >= 15 is 0 Å². The zero-order valence-electron chi connectivity index (χ0n) is 17.4. The van der Waals surface area contributed by atoms with Crippen molar-refractivity contribution in [2.45, 2.75) is 46.2 Å². The van der Waals surface area contributed by atoms with E-state index < -0.39 is 0 Å². The molecule has 0 aromatic carbocycles. The van der Waals surface area contributed by atoms with E-state index in [0.717, 1.165) is 40.8 Å². The van der Waals surface area contributed by atoms with Gasteiger partial charge in [-0.25, -0.2) is 9.97 Å². The summed E-state index contributed by atoms with van der Waals surface area (Å²) in [7, 11) is 0. The molecule has 152 valence electrons. The van der Waals surface area contributed by atoms with Gasteiger partial charge in [0.2, 0.25) is 5.95 Å². The van der Waals surface area contributed by atoms with Crippen molar-refractivity contribution < 1.29 is 0 Å². The highest BCUT2D eigenvalue weighted by Gasteiger charge is 2.36. The van der Waals surface area contributed by atoms with Gasteiger partial charge in [-0.05, 0) is 39.3 Å². The number of rotatable bonds is 4. The first-order valence-electron chi connectivity index (χ1n) is 10.1. The van der Waals surface area contributed by atoms with Crippen LogP contribution in [0.3, 0.4) is 0 Å². The van der Waals surface area contributed by atoms with Crippen LogP contribution < -0.4 is 4.90 Å². The van der Waals surface area contributed by atoms with Crippen molar-refractivity contribution >= 4 is 5.82 Å². The van der Waals surface area contributed by atoms with Gasteiger partial charge in [0.15, 0.2) is 11.6 Å². The van der Waals surface area contributed by atoms with Crippen LogP contribution in [-0.2, 0) is 0 Å². The lowest BCUT2D eigenvalue weighted by Gasteiger charge is -2.40. The number of pyridine rings is 1. The van der Waals surface area contributed by atoms with E-state index in [2.05, 4.69) is 45.8 Å². The quantitative estimate of drug-likeness (QED) is 0.518. The zero-order chi connectivity index (χ0) is 20.8. The molecule has 9 heteroatoms. The zero-order valence-corrected chi connectivity index (χ0v) is 17.4.